The summed E-state index contributed by atoms with van der Waals surface area (Å²) in [6.45, 7) is 5.25. The molecule has 0 saturated carbocycles. The molecule has 9 nitrogen and oxygen atoms in total. The average molecular weight is 320 g/mol. The first-order chi connectivity index (χ1) is 11.0. The van der Waals surface area contributed by atoms with Crippen LogP contribution >= 0.6 is 0 Å². The van der Waals surface area contributed by atoms with Gasteiger partial charge in [-0.25, -0.2) is 0 Å². The van der Waals surface area contributed by atoms with Crippen molar-refractivity contribution < 1.29 is 9.72 Å². The van der Waals surface area contributed by atoms with Gasteiger partial charge in [-0.05, 0) is 26.3 Å². The highest BCUT2D eigenvalue weighted by molar-refractivity contribution is 5.75. The Kier molecular flexibility index (Phi) is 5.45. The second-order valence-corrected chi connectivity index (χ2v) is 5.24. The fourth-order valence-electron chi connectivity index (χ4n) is 2.23. The van der Waals surface area contributed by atoms with E-state index in [2.05, 4.69) is 15.5 Å². The molecule has 0 radical (unpaired) electrons. The third-order valence-electron chi connectivity index (χ3n) is 3.62. The van der Waals surface area contributed by atoms with Crippen molar-refractivity contribution in [1.82, 2.24) is 24.9 Å². The molecule has 0 spiro atoms. The maximum absolute atomic E-state index is 11.8. The van der Waals surface area contributed by atoms with Gasteiger partial charge in [-0.15, -0.1) is 0 Å². The summed E-state index contributed by atoms with van der Waals surface area (Å²) in [7, 11) is 0. The largest absolute Gasteiger partial charge is 0.356 e. The summed E-state index contributed by atoms with van der Waals surface area (Å²) < 4.78 is 3.36. The van der Waals surface area contributed by atoms with Crippen molar-refractivity contribution in [2.45, 2.75) is 39.8 Å². The summed E-state index contributed by atoms with van der Waals surface area (Å²) >= 11 is 0. The summed E-state index contributed by atoms with van der Waals surface area (Å²) in [6, 6.07) is 1.93. The fourth-order valence-corrected chi connectivity index (χ4v) is 2.23. The van der Waals surface area contributed by atoms with Gasteiger partial charge in [0.05, 0.1) is 11.5 Å². The van der Waals surface area contributed by atoms with Crippen molar-refractivity contribution in [3.8, 4) is 0 Å². The number of hydrogen-bond acceptors (Lipinski definition) is 5. The number of nitro groups is 1. The normalized spacial score (nSPS) is 10.7. The van der Waals surface area contributed by atoms with Gasteiger partial charge in [0, 0.05) is 31.4 Å². The number of amides is 1. The van der Waals surface area contributed by atoms with Crippen LogP contribution in [0.2, 0.25) is 0 Å². The molecule has 124 valence electrons. The standard InChI is InChI=1S/C14H20N6O3/c1-11-4-7-16-18(11)8-3-6-15-14(21)5-9-19-12(2)13(10-17-19)20(22)23/h4,7,10H,3,5-6,8-9H2,1-2H3,(H,15,21). The van der Waals surface area contributed by atoms with E-state index in [-0.39, 0.29) is 18.0 Å². The van der Waals surface area contributed by atoms with E-state index in [4.69, 9.17) is 0 Å². The Morgan fingerprint density at radius 2 is 2.09 bits per heavy atom. The third-order valence-corrected chi connectivity index (χ3v) is 3.62. The highest BCUT2D eigenvalue weighted by Crippen LogP contribution is 2.16. The average Bonchev–Trinajstić information content (AvgIpc) is 3.07. The van der Waals surface area contributed by atoms with E-state index in [1.807, 2.05) is 17.7 Å². The first-order valence-electron chi connectivity index (χ1n) is 7.41. The minimum Gasteiger partial charge on any atom is -0.356 e. The van der Waals surface area contributed by atoms with Gasteiger partial charge in [0.25, 0.3) is 0 Å². The van der Waals surface area contributed by atoms with Crippen LogP contribution in [-0.2, 0) is 17.9 Å². The number of rotatable bonds is 8. The molecular weight excluding hydrogens is 300 g/mol. The van der Waals surface area contributed by atoms with Crippen LogP contribution in [0.15, 0.2) is 18.5 Å². The van der Waals surface area contributed by atoms with Crippen molar-refractivity contribution in [2.75, 3.05) is 6.54 Å². The minimum absolute atomic E-state index is 0.0278. The SMILES string of the molecule is Cc1ccnn1CCCNC(=O)CCn1ncc([N+](=O)[O-])c1C. The Labute approximate surface area is 133 Å². The molecule has 23 heavy (non-hydrogen) atoms. The summed E-state index contributed by atoms with van der Waals surface area (Å²) in [6.07, 6.45) is 3.99. The van der Waals surface area contributed by atoms with E-state index in [9.17, 15) is 14.9 Å². The molecule has 9 heteroatoms. The molecule has 2 aromatic rings. The number of hydrogen-bond donors (Lipinski definition) is 1. The molecule has 2 aromatic heterocycles. The molecule has 0 aliphatic rings. The topological polar surface area (TPSA) is 108 Å². The van der Waals surface area contributed by atoms with Gasteiger partial charge >= 0.3 is 5.69 Å². The Bertz CT molecular complexity index is 690. The van der Waals surface area contributed by atoms with Gasteiger partial charge in [-0.2, -0.15) is 10.2 Å². The molecule has 2 heterocycles. The second-order valence-electron chi connectivity index (χ2n) is 5.24. The number of carbonyl (C=O) groups is 1. The first kappa shape index (κ1) is 16.7. The van der Waals surface area contributed by atoms with Crippen molar-refractivity contribution >= 4 is 11.6 Å². The zero-order valence-electron chi connectivity index (χ0n) is 13.2. The lowest BCUT2D eigenvalue weighted by Crippen LogP contribution is -2.26. The molecule has 0 fully saturated rings. The molecule has 1 amide bonds. The molecule has 2 rings (SSSR count). The molecule has 0 aliphatic carbocycles. The van der Waals surface area contributed by atoms with E-state index in [1.165, 1.54) is 10.9 Å². The van der Waals surface area contributed by atoms with Gasteiger partial charge in [0.15, 0.2) is 0 Å². The zero-order valence-corrected chi connectivity index (χ0v) is 13.2. The molecular formula is C14H20N6O3. The van der Waals surface area contributed by atoms with E-state index in [0.29, 0.717) is 18.8 Å². The highest BCUT2D eigenvalue weighted by Gasteiger charge is 2.16. The summed E-state index contributed by atoms with van der Waals surface area (Å²) in [5, 5.41) is 21.7. The first-order valence-corrected chi connectivity index (χ1v) is 7.41. The number of nitrogens with one attached hydrogen (secondary N) is 1. The van der Waals surface area contributed by atoms with E-state index < -0.39 is 4.92 Å². The lowest BCUT2D eigenvalue weighted by molar-refractivity contribution is -0.385. The van der Waals surface area contributed by atoms with E-state index in [0.717, 1.165) is 18.7 Å². The molecule has 0 bridgehead atoms. The summed E-state index contributed by atoms with van der Waals surface area (Å²) in [4.78, 5) is 22.0. The van der Waals surface area contributed by atoms with Gasteiger partial charge in [-0.1, -0.05) is 0 Å². The van der Waals surface area contributed by atoms with Crippen molar-refractivity contribution in [1.29, 1.82) is 0 Å². The number of nitrogens with zero attached hydrogens (tertiary/aromatic N) is 5. The van der Waals surface area contributed by atoms with Gasteiger partial charge in [0.1, 0.15) is 11.9 Å². The van der Waals surface area contributed by atoms with Gasteiger partial charge < -0.3 is 5.32 Å². The van der Waals surface area contributed by atoms with Crippen LogP contribution in [0.5, 0.6) is 0 Å². The Morgan fingerprint density at radius 3 is 2.70 bits per heavy atom. The molecule has 0 aromatic carbocycles. The molecule has 1 N–H and O–H groups in total. The maximum atomic E-state index is 11.8. The lowest BCUT2D eigenvalue weighted by atomic mass is 10.3. The number of aryl methyl sites for hydroxylation is 3. The molecule has 0 atom stereocenters. The van der Waals surface area contributed by atoms with Crippen LogP contribution in [0.4, 0.5) is 5.69 Å². The van der Waals surface area contributed by atoms with Gasteiger partial charge in [0.2, 0.25) is 5.91 Å². The van der Waals surface area contributed by atoms with Gasteiger partial charge in [-0.3, -0.25) is 24.3 Å². The molecule has 0 saturated heterocycles. The minimum atomic E-state index is -0.476. The second kappa shape index (κ2) is 7.52. The Balaban J connectivity index is 1.69. The molecule has 0 unspecified atom stereocenters. The van der Waals surface area contributed by atoms with Crippen LogP contribution in [0.3, 0.4) is 0 Å². The number of carbonyl (C=O) groups excluding carboxylic acids is 1. The van der Waals surface area contributed by atoms with Crippen LogP contribution in [0, 0.1) is 24.0 Å². The van der Waals surface area contributed by atoms with Crippen molar-refractivity contribution in [3.05, 3.63) is 40.0 Å². The highest BCUT2D eigenvalue weighted by atomic mass is 16.6. The summed E-state index contributed by atoms with van der Waals surface area (Å²) in [5.41, 5.74) is 1.52. The quantitative estimate of drug-likeness (QED) is 0.447. The fraction of sp³-hybridized carbons (Fsp3) is 0.500. The Morgan fingerprint density at radius 1 is 1.30 bits per heavy atom. The third kappa shape index (κ3) is 4.38. The zero-order chi connectivity index (χ0) is 16.8. The van der Waals surface area contributed by atoms with Crippen LogP contribution < -0.4 is 5.32 Å². The van der Waals surface area contributed by atoms with Crippen molar-refractivity contribution in [2.24, 2.45) is 0 Å². The maximum Gasteiger partial charge on any atom is 0.309 e. The predicted octanol–water partition coefficient (Wildman–Crippen LogP) is 1.20. The van der Waals surface area contributed by atoms with E-state index >= 15 is 0 Å². The van der Waals surface area contributed by atoms with Crippen LogP contribution in [0.1, 0.15) is 24.2 Å². The lowest BCUT2D eigenvalue weighted by Gasteiger charge is -2.07. The van der Waals surface area contributed by atoms with E-state index in [1.54, 1.807) is 13.1 Å². The van der Waals surface area contributed by atoms with Crippen LogP contribution in [0.25, 0.3) is 0 Å². The Hall–Kier alpha value is -2.71. The summed E-state index contributed by atoms with van der Waals surface area (Å²) in [5.74, 6) is -0.0975. The molecule has 0 aliphatic heterocycles. The monoisotopic (exact) mass is 320 g/mol. The smallest absolute Gasteiger partial charge is 0.309 e. The number of aromatic nitrogens is 4. The predicted molar refractivity (Wildman–Crippen MR) is 82.8 cm³/mol. The van der Waals surface area contributed by atoms with Crippen LogP contribution in [-0.4, -0.2) is 36.9 Å². The van der Waals surface area contributed by atoms with Crippen molar-refractivity contribution in [3.63, 3.8) is 0 Å².